The van der Waals surface area contributed by atoms with E-state index in [9.17, 15) is 14.4 Å². The Morgan fingerprint density at radius 2 is 1.86 bits per heavy atom. The highest BCUT2D eigenvalue weighted by molar-refractivity contribution is 8.14. The van der Waals surface area contributed by atoms with Crippen LogP contribution < -0.4 is 5.43 Å². The third kappa shape index (κ3) is 3.88. The molecule has 5 nitrogen and oxygen atoms in total. The molecule has 3 amide bonds. The number of hydrogen-bond acceptors (Lipinski definition) is 4. The van der Waals surface area contributed by atoms with E-state index in [2.05, 4.69) is 19.3 Å². The summed E-state index contributed by atoms with van der Waals surface area (Å²) in [4.78, 5) is 35.2. The van der Waals surface area contributed by atoms with Crippen molar-refractivity contribution in [3.63, 3.8) is 0 Å². The van der Waals surface area contributed by atoms with Gasteiger partial charge in [-0.15, -0.1) is 0 Å². The van der Waals surface area contributed by atoms with E-state index in [1.165, 1.54) is 5.56 Å². The average molecular weight is 320 g/mol. The first kappa shape index (κ1) is 16.5. The molecule has 1 N–H and O–H groups in total. The number of benzene rings is 1. The molecule has 2 rings (SSSR count). The highest BCUT2D eigenvalue weighted by atomic mass is 32.2. The minimum absolute atomic E-state index is 0.0807. The van der Waals surface area contributed by atoms with Crippen molar-refractivity contribution in [1.29, 1.82) is 0 Å². The van der Waals surface area contributed by atoms with Crippen molar-refractivity contribution in [3.8, 4) is 0 Å². The van der Waals surface area contributed by atoms with Crippen LogP contribution in [0.5, 0.6) is 0 Å². The molecule has 1 aromatic rings. The summed E-state index contributed by atoms with van der Waals surface area (Å²) in [5.74, 6) is -0.517. The molecule has 0 spiro atoms. The number of nitrogens with zero attached hydrogens (tertiary/aromatic N) is 1. The average Bonchev–Trinajstić information content (AvgIpc) is 2.78. The quantitative estimate of drug-likeness (QED) is 0.906. The summed E-state index contributed by atoms with van der Waals surface area (Å²) in [5, 5.41) is 0.370. The van der Waals surface area contributed by atoms with Crippen molar-refractivity contribution >= 4 is 28.8 Å². The van der Waals surface area contributed by atoms with Gasteiger partial charge in [0.05, 0.1) is 11.7 Å². The lowest BCUT2D eigenvalue weighted by Crippen LogP contribution is -2.46. The summed E-state index contributed by atoms with van der Waals surface area (Å²) in [5.41, 5.74) is 4.49. The van der Waals surface area contributed by atoms with Gasteiger partial charge in [-0.3, -0.25) is 19.8 Å². The van der Waals surface area contributed by atoms with Crippen LogP contribution in [-0.2, 0) is 16.0 Å². The molecule has 1 saturated heterocycles. The fraction of sp³-hybridized carbons (Fsp3) is 0.438. The SMILES string of the molecule is CC(C)Cc1ccc([C@H](C)C(=O)NN2C(=O)CSC2=O)cc1. The lowest BCUT2D eigenvalue weighted by molar-refractivity contribution is -0.135. The second-order valence-corrected chi connectivity index (χ2v) is 6.75. The fourth-order valence-corrected chi connectivity index (χ4v) is 2.89. The second kappa shape index (κ2) is 6.96. The Labute approximate surface area is 134 Å². The minimum Gasteiger partial charge on any atom is -0.273 e. The molecule has 1 aliphatic rings. The Bertz CT molecular complexity index is 568. The van der Waals surface area contributed by atoms with Crippen molar-refractivity contribution in [2.75, 3.05) is 5.75 Å². The molecule has 118 valence electrons. The zero-order chi connectivity index (χ0) is 16.3. The zero-order valence-corrected chi connectivity index (χ0v) is 13.8. The molecule has 22 heavy (non-hydrogen) atoms. The molecule has 0 unspecified atom stereocenters. The molecule has 0 bridgehead atoms. The van der Waals surface area contributed by atoms with E-state index in [4.69, 9.17) is 0 Å². The summed E-state index contributed by atoms with van der Waals surface area (Å²) >= 11 is 0.893. The second-order valence-electron chi connectivity index (χ2n) is 5.82. The third-order valence-corrected chi connectivity index (χ3v) is 4.31. The Kier molecular flexibility index (Phi) is 5.24. The fourth-order valence-electron chi connectivity index (χ4n) is 2.23. The smallest absolute Gasteiger partial charge is 0.273 e. The van der Waals surface area contributed by atoms with Gasteiger partial charge in [-0.05, 0) is 30.4 Å². The first-order chi connectivity index (χ1) is 10.4. The number of carbonyl (C=O) groups is 3. The molecule has 1 heterocycles. The van der Waals surface area contributed by atoms with Crippen LogP contribution in [-0.4, -0.2) is 27.8 Å². The van der Waals surface area contributed by atoms with Crippen molar-refractivity contribution in [2.45, 2.75) is 33.1 Å². The Balaban J connectivity index is 2.01. The largest absolute Gasteiger partial charge is 0.307 e. The number of amides is 3. The molecule has 0 aromatic heterocycles. The summed E-state index contributed by atoms with van der Waals surface area (Å²) in [7, 11) is 0. The van der Waals surface area contributed by atoms with Crippen LogP contribution in [0.3, 0.4) is 0 Å². The van der Waals surface area contributed by atoms with Gasteiger partial charge >= 0.3 is 5.24 Å². The van der Waals surface area contributed by atoms with Crippen molar-refractivity contribution in [2.24, 2.45) is 5.92 Å². The summed E-state index contributed by atoms with van der Waals surface area (Å²) in [6.45, 7) is 6.07. The monoisotopic (exact) mass is 320 g/mol. The topological polar surface area (TPSA) is 66.5 Å². The Morgan fingerprint density at radius 1 is 1.23 bits per heavy atom. The van der Waals surface area contributed by atoms with Gasteiger partial charge < -0.3 is 0 Å². The lowest BCUT2D eigenvalue weighted by atomic mass is 9.96. The molecule has 1 atom stereocenters. The number of carbonyl (C=O) groups excluding carboxylic acids is 3. The maximum absolute atomic E-state index is 12.2. The molecule has 6 heteroatoms. The number of thioether (sulfide) groups is 1. The molecule has 0 aliphatic carbocycles. The maximum atomic E-state index is 12.2. The molecular formula is C16H20N2O3S. The van der Waals surface area contributed by atoms with Crippen LogP contribution in [0.1, 0.15) is 37.8 Å². The summed E-state index contributed by atoms with van der Waals surface area (Å²) < 4.78 is 0. The normalized spacial score (nSPS) is 16.3. The van der Waals surface area contributed by atoms with Crippen molar-refractivity contribution < 1.29 is 14.4 Å². The van der Waals surface area contributed by atoms with E-state index in [1.54, 1.807) is 6.92 Å². The van der Waals surface area contributed by atoms with E-state index in [1.807, 2.05) is 24.3 Å². The number of imide groups is 1. The van der Waals surface area contributed by atoms with Crippen LogP contribution in [0.2, 0.25) is 0 Å². The molecule has 0 radical (unpaired) electrons. The van der Waals surface area contributed by atoms with E-state index in [-0.39, 0.29) is 17.6 Å². The number of hydrogen-bond donors (Lipinski definition) is 1. The number of hydrazine groups is 1. The van der Waals surface area contributed by atoms with Crippen molar-refractivity contribution in [3.05, 3.63) is 35.4 Å². The van der Waals surface area contributed by atoms with Crippen LogP contribution in [0, 0.1) is 5.92 Å². The zero-order valence-electron chi connectivity index (χ0n) is 13.0. The van der Waals surface area contributed by atoms with Gasteiger partial charge in [0.25, 0.3) is 5.91 Å². The molecule has 1 aliphatic heterocycles. The number of nitrogens with one attached hydrogen (secondary N) is 1. The molecule has 1 fully saturated rings. The van der Waals surface area contributed by atoms with Gasteiger partial charge in [-0.2, -0.15) is 5.01 Å². The summed E-state index contributed by atoms with van der Waals surface area (Å²) in [6, 6.07) is 7.87. The Hall–Kier alpha value is -1.82. The molecular weight excluding hydrogens is 300 g/mol. The van der Waals surface area contributed by atoms with Crippen molar-refractivity contribution in [1.82, 2.24) is 10.4 Å². The van der Waals surface area contributed by atoms with Gasteiger partial charge in [-0.1, -0.05) is 49.9 Å². The Morgan fingerprint density at radius 3 is 2.36 bits per heavy atom. The van der Waals surface area contributed by atoms with E-state index in [0.717, 1.165) is 28.8 Å². The van der Waals surface area contributed by atoms with Crippen LogP contribution >= 0.6 is 11.8 Å². The van der Waals surface area contributed by atoms with Crippen LogP contribution in [0.4, 0.5) is 4.79 Å². The van der Waals surface area contributed by atoms with E-state index >= 15 is 0 Å². The van der Waals surface area contributed by atoms with Gasteiger partial charge in [0.1, 0.15) is 0 Å². The van der Waals surface area contributed by atoms with E-state index in [0.29, 0.717) is 5.92 Å². The predicted molar refractivity (Wildman–Crippen MR) is 86.2 cm³/mol. The van der Waals surface area contributed by atoms with Gasteiger partial charge in [0, 0.05) is 0 Å². The highest BCUT2D eigenvalue weighted by Gasteiger charge is 2.32. The third-order valence-electron chi connectivity index (χ3n) is 3.49. The molecule has 0 saturated carbocycles. The van der Waals surface area contributed by atoms with Crippen LogP contribution in [0.15, 0.2) is 24.3 Å². The van der Waals surface area contributed by atoms with Gasteiger partial charge in [0.15, 0.2) is 0 Å². The highest BCUT2D eigenvalue weighted by Crippen LogP contribution is 2.20. The predicted octanol–water partition coefficient (Wildman–Crippen LogP) is 2.72. The maximum Gasteiger partial charge on any atom is 0.307 e. The first-order valence-electron chi connectivity index (χ1n) is 7.27. The van der Waals surface area contributed by atoms with Gasteiger partial charge in [0.2, 0.25) is 5.91 Å². The number of rotatable bonds is 5. The summed E-state index contributed by atoms with van der Waals surface area (Å²) in [6.07, 6.45) is 0.995. The minimum atomic E-state index is -0.433. The molecule has 1 aromatic carbocycles. The van der Waals surface area contributed by atoms with Gasteiger partial charge in [-0.25, -0.2) is 0 Å². The van der Waals surface area contributed by atoms with E-state index < -0.39 is 11.2 Å². The lowest BCUT2D eigenvalue weighted by Gasteiger charge is -2.18. The van der Waals surface area contributed by atoms with Crippen LogP contribution in [0.25, 0.3) is 0 Å². The standard InChI is InChI=1S/C16H20N2O3S/c1-10(2)8-12-4-6-13(7-5-12)11(3)15(20)17-18-14(19)9-22-16(18)21/h4-7,10-11H,8-9H2,1-3H3,(H,17,20)/t11-/m0/s1. The first-order valence-corrected chi connectivity index (χ1v) is 8.26.